The summed E-state index contributed by atoms with van der Waals surface area (Å²) in [5.41, 5.74) is 1.23. The molecular formula is C14H27NO2. The first-order chi connectivity index (χ1) is 8.12. The van der Waals surface area contributed by atoms with Crippen LogP contribution in [0.5, 0.6) is 0 Å². The van der Waals surface area contributed by atoms with Crippen LogP contribution in [0.1, 0.15) is 47.0 Å². The van der Waals surface area contributed by atoms with Gasteiger partial charge in [-0.05, 0) is 33.1 Å². The quantitative estimate of drug-likeness (QED) is 0.726. The number of hydrogen-bond donors (Lipinski definition) is 1. The Hall–Kier alpha value is -0.700. The van der Waals surface area contributed by atoms with Gasteiger partial charge in [-0.1, -0.05) is 13.8 Å². The average Bonchev–Trinajstić information content (AvgIpc) is 2.83. The van der Waals surface area contributed by atoms with Crippen molar-refractivity contribution in [3.63, 3.8) is 0 Å². The van der Waals surface area contributed by atoms with E-state index in [1.807, 2.05) is 0 Å². The van der Waals surface area contributed by atoms with Gasteiger partial charge in [0.25, 0.3) is 0 Å². The lowest BCUT2D eigenvalue weighted by molar-refractivity contribution is 0.102. The zero-order valence-electron chi connectivity index (χ0n) is 11.7. The number of hydrogen-bond acceptors (Lipinski definition) is 3. The second-order valence-corrected chi connectivity index (χ2v) is 4.98. The maximum absolute atomic E-state index is 9.15. The highest BCUT2D eigenvalue weighted by atomic mass is 16.5. The van der Waals surface area contributed by atoms with E-state index in [9.17, 15) is 0 Å². The lowest BCUT2D eigenvalue weighted by Gasteiger charge is -2.24. The summed E-state index contributed by atoms with van der Waals surface area (Å²) in [6.07, 6.45) is 3.54. The summed E-state index contributed by atoms with van der Waals surface area (Å²) in [6, 6.07) is 0. The fourth-order valence-corrected chi connectivity index (χ4v) is 2.30. The Kier molecular flexibility index (Phi) is 5.83. The Morgan fingerprint density at radius 1 is 1.35 bits per heavy atom. The van der Waals surface area contributed by atoms with Crippen molar-refractivity contribution in [2.24, 2.45) is 5.92 Å². The van der Waals surface area contributed by atoms with Gasteiger partial charge in [0.1, 0.15) is 5.76 Å². The molecule has 0 aromatic carbocycles. The molecule has 0 amide bonds. The Morgan fingerprint density at radius 3 is 2.47 bits per heavy atom. The maximum atomic E-state index is 9.15. The minimum Gasteiger partial charge on any atom is -0.493 e. The lowest BCUT2D eigenvalue weighted by Crippen LogP contribution is -2.22. The molecule has 0 spiro atoms. The van der Waals surface area contributed by atoms with Gasteiger partial charge in [-0.3, -0.25) is 0 Å². The monoisotopic (exact) mass is 241 g/mol. The maximum Gasteiger partial charge on any atom is 0.112 e. The van der Waals surface area contributed by atoms with Crippen LogP contribution < -0.4 is 0 Å². The van der Waals surface area contributed by atoms with Gasteiger partial charge in [-0.15, -0.1) is 0 Å². The molecule has 1 N–H and O–H groups in total. The Morgan fingerprint density at radius 2 is 2.00 bits per heavy atom. The summed E-state index contributed by atoms with van der Waals surface area (Å²) in [5, 5.41) is 9.15. The first kappa shape index (κ1) is 14.4. The average molecular weight is 241 g/mol. The summed E-state index contributed by atoms with van der Waals surface area (Å²) in [6.45, 7) is 10.8. The molecule has 1 heterocycles. The normalized spacial score (nSPS) is 22.0. The molecule has 1 aliphatic rings. The van der Waals surface area contributed by atoms with E-state index in [0.29, 0.717) is 18.6 Å². The summed E-state index contributed by atoms with van der Waals surface area (Å²) in [4.78, 5) is 2.33. The Labute approximate surface area is 105 Å². The van der Waals surface area contributed by atoms with Gasteiger partial charge in [0.15, 0.2) is 0 Å². The standard InChI is InChI=1S/C14H27NO2/c1-5-14(6-2)17-12(4)11(3)15-8-7-13(9-15)10-16/h13-14,16H,5-10H2,1-4H3. The number of aliphatic hydroxyl groups excluding tert-OH is 1. The van der Waals surface area contributed by atoms with E-state index in [-0.39, 0.29) is 0 Å². The molecule has 0 aliphatic carbocycles. The van der Waals surface area contributed by atoms with Crippen LogP contribution in [0, 0.1) is 5.92 Å². The highest BCUT2D eigenvalue weighted by molar-refractivity contribution is 5.05. The van der Waals surface area contributed by atoms with Crippen LogP contribution in [0.3, 0.4) is 0 Å². The summed E-state index contributed by atoms with van der Waals surface area (Å²) < 4.78 is 5.97. The van der Waals surface area contributed by atoms with E-state index >= 15 is 0 Å². The van der Waals surface area contributed by atoms with E-state index < -0.39 is 0 Å². The fourth-order valence-electron chi connectivity index (χ4n) is 2.30. The molecule has 0 aromatic rings. The van der Waals surface area contributed by atoms with Crippen molar-refractivity contribution in [2.75, 3.05) is 19.7 Å². The first-order valence-electron chi connectivity index (χ1n) is 6.82. The number of aliphatic hydroxyl groups is 1. The molecule has 1 aliphatic heterocycles. The number of likely N-dealkylation sites (tertiary alicyclic amines) is 1. The molecule has 0 bridgehead atoms. The third kappa shape index (κ3) is 3.91. The molecule has 1 atom stereocenters. The fraction of sp³-hybridized carbons (Fsp3) is 0.857. The number of ether oxygens (including phenoxy) is 1. The zero-order valence-corrected chi connectivity index (χ0v) is 11.7. The highest BCUT2D eigenvalue weighted by Crippen LogP contribution is 2.23. The smallest absolute Gasteiger partial charge is 0.112 e. The van der Waals surface area contributed by atoms with Crippen LogP contribution in [0.15, 0.2) is 11.5 Å². The Bertz CT molecular complexity index is 259. The van der Waals surface area contributed by atoms with Crippen molar-refractivity contribution < 1.29 is 9.84 Å². The first-order valence-corrected chi connectivity index (χ1v) is 6.82. The molecule has 3 heteroatoms. The highest BCUT2D eigenvalue weighted by Gasteiger charge is 2.23. The molecule has 0 saturated carbocycles. The Balaban J connectivity index is 2.57. The second-order valence-electron chi connectivity index (χ2n) is 4.98. The molecule has 0 radical (unpaired) electrons. The molecule has 1 fully saturated rings. The molecular weight excluding hydrogens is 214 g/mol. The van der Waals surface area contributed by atoms with Crippen molar-refractivity contribution >= 4 is 0 Å². The largest absolute Gasteiger partial charge is 0.493 e. The van der Waals surface area contributed by atoms with Gasteiger partial charge in [0, 0.05) is 31.3 Å². The minimum atomic E-state index is 0.302. The van der Waals surface area contributed by atoms with Gasteiger partial charge in [0.2, 0.25) is 0 Å². The summed E-state index contributed by atoms with van der Waals surface area (Å²) in [5.74, 6) is 1.48. The lowest BCUT2D eigenvalue weighted by atomic mass is 10.1. The van der Waals surface area contributed by atoms with E-state index in [0.717, 1.165) is 38.1 Å². The number of nitrogens with zero attached hydrogens (tertiary/aromatic N) is 1. The molecule has 1 rings (SSSR count). The van der Waals surface area contributed by atoms with Crippen LogP contribution in [-0.4, -0.2) is 35.8 Å². The van der Waals surface area contributed by atoms with Crippen molar-refractivity contribution in [3.8, 4) is 0 Å². The third-order valence-corrected chi connectivity index (χ3v) is 3.78. The molecule has 1 saturated heterocycles. The van der Waals surface area contributed by atoms with E-state index in [2.05, 4.69) is 32.6 Å². The molecule has 3 nitrogen and oxygen atoms in total. The van der Waals surface area contributed by atoms with Gasteiger partial charge in [0.05, 0.1) is 6.10 Å². The predicted molar refractivity (Wildman–Crippen MR) is 70.6 cm³/mol. The molecule has 1 unspecified atom stereocenters. The van der Waals surface area contributed by atoms with Crippen LogP contribution in [0.25, 0.3) is 0 Å². The predicted octanol–water partition coefficient (Wildman–Crippen LogP) is 2.76. The van der Waals surface area contributed by atoms with Crippen molar-refractivity contribution in [3.05, 3.63) is 11.5 Å². The second kappa shape index (κ2) is 6.90. The van der Waals surface area contributed by atoms with Crippen molar-refractivity contribution in [2.45, 2.75) is 53.1 Å². The van der Waals surface area contributed by atoms with Gasteiger partial charge in [-0.25, -0.2) is 0 Å². The van der Waals surface area contributed by atoms with E-state index in [1.165, 1.54) is 5.70 Å². The van der Waals surface area contributed by atoms with Crippen LogP contribution in [0.2, 0.25) is 0 Å². The molecule has 100 valence electrons. The number of rotatable bonds is 6. The topological polar surface area (TPSA) is 32.7 Å². The van der Waals surface area contributed by atoms with Gasteiger partial charge < -0.3 is 14.7 Å². The summed E-state index contributed by atoms with van der Waals surface area (Å²) in [7, 11) is 0. The SMILES string of the molecule is CCC(CC)OC(C)=C(C)N1CCC(CO)C1. The van der Waals surface area contributed by atoms with E-state index in [4.69, 9.17) is 9.84 Å². The molecule has 17 heavy (non-hydrogen) atoms. The molecule has 0 aromatic heterocycles. The van der Waals surface area contributed by atoms with Crippen LogP contribution >= 0.6 is 0 Å². The number of allylic oxidation sites excluding steroid dienone is 2. The van der Waals surface area contributed by atoms with Crippen molar-refractivity contribution in [1.29, 1.82) is 0 Å². The van der Waals surface area contributed by atoms with Gasteiger partial charge >= 0.3 is 0 Å². The van der Waals surface area contributed by atoms with Crippen molar-refractivity contribution in [1.82, 2.24) is 4.90 Å². The van der Waals surface area contributed by atoms with Crippen LogP contribution in [-0.2, 0) is 4.74 Å². The van der Waals surface area contributed by atoms with E-state index in [1.54, 1.807) is 0 Å². The summed E-state index contributed by atoms with van der Waals surface area (Å²) >= 11 is 0. The van der Waals surface area contributed by atoms with Crippen LogP contribution in [0.4, 0.5) is 0 Å². The third-order valence-electron chi connectivity index (χ3n) is 3.78. The minimum absolute atomic E-state index is 0.302. The van der Waals surface area contributed by atoms with Gasteiger partial charge in [-0.2, -0.15) is 0 Å². The zero-order chi connectivity index (χ0) is 12.8.